The molecule has 0 heterocycles. The van der Waals surface area contributed by atoms with Gasteiger partial charge in [0.15, 0.2) is 0 Å². The summed E-state index contributed by atoms with van der Waals surface area (Å²) >= 11 is 0. The normalized spacial score (nSPS) is 17.0. The van der Waals surface area contributed by atoms with E-state index < -0.39 is 5.60 Å². The molecule has 5 aromatic carbocycles. The molecule has 0 bridgehead atoms. The second-order valence-corrected chi connectivity index (χ2v) is 9.43. The van der Waals surface area contributed by atoms with Crippen molar-refractivity contribution >= 4 is 5.57 Å². The van der Waals surface area contributed by atoms with E-state index in [9.17, 15) is 5.11 Å². The van der Waals surface area contributed by atoms with Crippen molar-refractivity contribution in [1.82, 2.24) is 0 Å². The van der Waals surface area contributed by atoms with E-state index in [1.165, 1.54) is 27.8 Å². The highest BCUT2D eigenvalue weighted by atomic mass is 16.3. The number of benzene rings is 5. The predicted octanol–water partition coefficient (Wildman–Crippen LogP) is 7.84. The van der Waals surface area contributed by atoms with Gasteiger partial charge in [0.1, 0.15) is 5.60 Å². The van der Waals surface area contributed by atoms with Gasteiger partial charge in [-0.15, -0.1) is 0 Å². The van der Waals surface area contributed by atoms with Crippen molar-refractivity contribution in [3.05, 3.63) is 185 Å². The molecule has 0 amide bonds. The molecular weight excluding hydrogens is 436 g/mol. The fourth-order valence-electron chi connectivity index (χ4n) is 5.69. The van der Waals surface area contributed by atoms with Crippen LogP contribution < -0.4 is 0 Å². The summed E-state index contributed by atoms with van der Waals surface area (Å²) in [6.07, 6.45) is 0. The van der Waals surface area contributed by atoms with Crippen LogP contribution in [0.1, 0.15) is 33.7 Å². The second-order valence-electron chi connectivity index (χ2n) is 9.43. The van der Waals surface area contributed by atoms with Crippen LogP contribution in [-0.4, -0.2) is 5.11 Å². The first-order valence-electron chi connectivity index (χ1n) is 12.5. The van der Waals surface area contributed by atoms with Gasteiger partial charge in [0.25, 0.3) is 0 Å². The molecule has 1 saturated carbocycles. The molecule has 1 heteroatoms. The van der Waals surface area contributed by atoms with Crippen molar-refractivity contribution in [2.75, 3.05) is 0 Å². The van der Waals surface area contributed by atoms with Gasteiger partial charge in [0, 0.05) is 11.8 Å². The van der Waals surface area contributed by atoms with Gasteiger partial charge >= 0.3 is 0 Å². The van der Waals surface area contributed by atoms with Crippen LogP contribution in [0, 0.1) is 5.92 Å². The molecule has 2 atom stereocenters. The first kappa shape index (κ1) is 22.3. The van der Waals surface area contributed by atoms with Crippen LogP contribution in [0.5, 0.6) is 0 Å². The first-order valence-corrected chi connectivity index (χ1v) is 12.5. The Kier molecular flexibility index (Phi) is 5.85. The molecule has 36 heavy (non-hydrogen) atoms. The van der Waals surface area contributed by atoms with E-state index in [1.54, 1.807) is 0 Å². The lowest BCUT2D eigenvalue weighted by Crippen LogP contribution is -2.31. The molecule has 1 aliphatic rings. The Balaban J connectivity index is 1.65. The molecular formula is C35H28O. The minimum Gasteiger partial charge on any atom is -0.380 e. The Morgan fingerprint density at radius 2 is 0.833 bits per heavy atom. The van der Waals surface area contributed by atoms with Gasteiger partial charge in [-0.05, 0) is 39.0 Å². The van der Waals surface area contributed by atoms with Gasteiger partial charge in [-0.2, -0.15) is 0 Å². The van der Waals surface area contributed by atoms with Gasteiger partial charge in [0.05, 0.1) is 0 Å². The first-order chi connectivity index (χ1) is 17.8. The zero-order valence-corrected chi connectivity index (χ0v) is 20.0. The van der Waals surface area contributed by atoms with E-state index >= 15 is 0 Å². The fraction of sp³-hybridized carbons (Fsp3) is 0.0857. The SMILES string of the molecule is OC(c1ccccc1)(c1ccccc1)[C@@H]1C(=C(c2ccccc2)c2ccccc2)[C@@H]1c1ccccc1. The number of aliphatic hydroxyl groups is 1. The Hall–Kier alpha value is -4.20. The highest BCUT2D eigenvalue weighted by Crippen LogP contribution is 2.66. The zero-order chi connectivity index (χ0) is 24.4. The van der Waals surface area contributed by atoms with Crippen LogP contribution >= 0.6 is 0 Å². The van der Waals surface area contributed by atoms with Gasteiger partial charge in [-0.3, -0.25) is 0 Å². The van der Waals surface area contributed by atoms with Gasteiger partial charge < -0.3 is 5.11 Å². The average molecular weight is 465 g/mol. The highest BCUT2D eigenvalue weighted by Gasteiger charge is 2.59. The number of hydrogen-bond acceptors (Lipinski definition) is 1. The number of rotatable bonds is 6. The van der Waals surface area contributed by atoms with E-state index in [1.807, 2.05) is 36.4 Å². The van der Waals surface area contributed by atoms with Crippen LogP contribution in [-0.2, 0) is 5.60 Å². The summed E-state index contributed by atoms with van der Waals surface area (Å²) in [5.41, 5.74) is 6.71. The second kappa shape index (κ2) is 9.45. The molecule has 1 aliphatic carbocycles. The lowest BCUT2D eigenvalue weighted by molar-refractivity contribution is 0.0584. The quantitative estimate of drug-likeness (QED) is 0.271. The maximum atomic E-state index is 12.8. The van der Waals surface area contributed by atoms with Crippen LogP contribution in [0.15, 0.2) is 157 Å². The fourth-order valence-corrected chi connectivity index (χ4v) is 5.69. The molecule has 0 radical (unpaired) electrons. The van der Waals surface area contributed by atoms with Crippen LogP contribution in [0.3, 0.4) is 0 Å². The number of hydrogen-bond donors (Lipinski definition) is 1. The molecule has 0 saturated heterocycles. The van der Waals surface area contributed by atoms with E-state index in [2.05, 4.69) is 115 Å². The molecule has 1 N–H and O–H groups in total. The zero-order valence-electron chi connectivity index (χ0n) is 20.0. The maximum absolute atomic E-state index is 12.8. The molecule has 174 valence electrons. The van der Waals surface area contributed by atoms with Crippen molar-refractivity contribution in [2.45, 2.75) is 11.5 Å². The van der Waals surface area contributed by atoms with Crippen LogP contribution in [0.25, 0.3) is 5.57 Å². The summed E-state index contributed by atoms with van der Waals surface area (Å²) in [5.74, 6) is -0.0212. The summed E-state index contributed by atoms with van der Waals surface area (Å²) in [5, 5.41) is 12.8. The minimum absolute atomic E-state index is 0.0898. The van der Waals surface area contributed by atoms with E-state index in [0.29, 0.717) is 0 Å². The Bertz CT molecular complexity index is 1380. The van der Waals surface area contributed by atoms with E-state index in [4.69, 9.17) is 0 Å². The largest absolute Gasteiger partial charge is 0.380 e. The van der Waals surface area contributed by atoms with Crippen molar-refractivity contribution in [1.29, 1.82) is 0 Å². The molecule has 0 unspecified atom stereocenters. The van der Waals surface area contributed by atoms with Crippen molar-refractivity contribution in [2.24, 2.45) is 5.92 Å². The summed E-state index contributed by atoms with van der Waals surface area (Å²) in [6.45, 7) is 0. The molecule has 5 aromatic rings. The average Bonchev–Trinajstić information content (AvgIpc) is 3.71. The van der Waals surface area contributed by atoms with Crippen LogP contribution in [0.2, 0.25) is 0 Å². The third-order valence-electron chi connectivity index (χ3n) is 7.34. The highest BCUT2D eigenvalue weighted by molar-refractivity contribution is 5.87. The Labute approximate surface area is 213 Å². The summed E-state index contributed by atoms with van der Waals surface area (Å²) in [4.78, 5) is 0. The van der Waals surface area contributed by atoms with E-state index in [-0.39, 0.29) is 11.8 Å². The van der Waals surface area contributed by atoms with Crippen LogP contribution in [0.4, 0.5) is 0 Å². The molecule has 1 fully saturated rings. The summed E-state index contributed by atoms with van der Waals surface area (Å²) in [7, 11) is 0. The standard InChI is InChI=1S/C35H28O/c36-35(29-22-12-4-13-23-29,30-24-14-5-15-25-30)34-32(28-20-10-3-11-21-28)33(34)31(26-16-6-1-7-17-26)27-18-8-2-9-19-27/h1-25,32,34,36H/t32-,34-/m0/s1. The third kappa shape index (κ3) is 3.88. The Morgan fingerprint density at radius 3 is 1.25 bits per heavy atom. The maximum Gasteiger partial charge on any atom is 0.122 e. The molecule has 0 aliphatic heterocycles. The monoisotopic (exact) mass is 464 g/mol. The van der Waals surface area contributed by atoms with Crippen molar-refractivity contribution in [3.8, 4) is 0 Å². The lowest BCUT2D eigenvalue weighted by Gasteiger charge is -2.30. The van der Waals surface area contributed by atoms with E-state index in [0.717, 1.165) is 11.1 Å². The summed E-state index contributed by atoms with van der Waals surface area (Å²) in [6, 6.07) is 52.1. The van der Waals surface area contributed by atoms with Gasteiger partial charge in [-0.1, -0.05) is 152 Å². The molecule has 6 rings (SSSR count). The molecule has 1 nitrogen and oxygen atoms in total. The smallest absolute Gasteiger partial charge is 0.122 e. The third-order valence-corrected chi connectivity index (χ3v) is 7.34. The van der Waals surface area contributed by atoms with Gasteiger partial charge in [-0.25, -0.2) is 0 Å². The Morgan fingerprint density at radius 1 is 0.472 bits per heavy atom. The van der Waals surface area contributed by atoms with Crippen molar-refractivity contribution in [3.63, 3.8) is 0 Å². The minimum atomic E-state index is -1.17. The molecule has 0 aromatic heterocycles. The van der Waals surface area contributed by atoms with Gasteiger partial charge in [0.2, 0.25) is 0 Å². The summed E-state index contributed by atoms with van der Waals surface area (Å²) < 4.78 is 0. The topological polar surface area (TPSA) is 20.2 Å². The lowest BCUT2D eigenvalue weighted by atomic mass is 9.80. The molecule has 0 spiro atoms. The predicted molar refractivity (Wildman–Crippen MR) is 147 cm³/mol. The van der Waals surface area contributed by atoms with Crippen molar-refractivity contribution < 1.29 is 5.11 Å².